The molecule has 1 aliphatic heterocycles. The first-order valence-corrected chi connectivity index (χ1v) is 8.27. The molecular weight excluding hydrogens is 322 g/mol. The Morgan fingerprint density at radius 3 is 2.72 bits per heavy atom. The molecule has 1 aromatic heterocycles. The molecule has 0 bridgehead atoms. The van der Waals surface area contributed by atoms with E-state index in [1.807, 2.05) is 25.1 Å². The maximum absolute atomic E-state index is 12.8. The zero-order valence-corrected chi connectivity index (χ0v) is 14.8. The van der Waals surface area contributed by atoms with Crippen molar-refractivity contribution in [1.29, 1.82) is 0 Å². The van der Waals surface area contributed by atoms with E-state index < -0.39 is 0 Å². The first-order valence-electron chi connectivity index (χ1n) is 8.27. The molecule has 7 nitrogen and oxygen atoms in total. The molecule has 2 aromatic rings. The number of benzene rings is 1. The normalized spacial score (nSPS) is 14.4. The van der Waals surface area contributed by atoms with Crippen LogP contribution in [0.1, 0.15) is 21.8 Å². The molecule has 25 heavy (non-hydrogen) atoms. The van der Waals surface area contributed by atoms with Crippen molar-refractivity contribution in [2.45, 2.75) is 13.5 Å². The van der Waals surface area contributed by atoms with Gasteiger partial charge in [-0.2, -0.15) is 0 Å². The van der Waals surface area contributed by atoms with E-state index >= 15 is 0 Å². The Morgan fingerprint density at radius 1 is 1.32 bits per heavy atom. The summed E-state index contributed by atoms with van der Waals surface area (Å²) in [6.07, 6.45) is 0. The lowest BCUT2D eigenvalue weighted by atomic mass is 10.1. The predicted octanol–water partition coefficient (Wildman–Crippen LogP) is 2.10. The van der Waals surface area contributed by atoms with Crippen molar-refractivity contribution in [3.05, 3.63) is 41.3 Å². The second-order valence-electron chi connectivity index (χ2n) is 6.08. The number of aromatic nitrogens is 1. The highest BCUT2D eigenvalue weighted by Gasteiger charge is 2.20. The molecule has 0 unspecified atom stereocenters. The summed E-state index contributed by atoms with van der Waals surface area (Å²) in [5, 5.41) is 3.85. The Hall–Kier alpha value is -2.54. The van der Waals surface area contributed by atoms with E-state index in [1.54, 1.807) is 25.1 Å². The van der Waals surface area contributed by atoms with Gasteiger partial charge in [0.25, 0.3) is 5.91 Å². The monoisotopic (exact) mass is 345 g/mol. The molecule has 7 heteroatoms. The molecule has 0 saturated carbocycles. The van der Waals surface area contributed by atoms with Crippen LogP contribution in [0.15, 0.2) is 28.8 Å². The largest absolute Gasteiger partial charge is 0.495 e. The number of aryl methyl sites for hydroxylation is 1. The molecule has 134 valence electrons. The number of ether oxygens (including phenoxy) is 2. The van der Waals surface area contributed by atoms with Crippen LogP contribution < -0.4 is 9.64 Å². The number of anilines is 1. The van der Waals surface area contributed by atoms with Gasteiger partial charge in [0, 0.05) is 31.8 Å². The van der Waals surface area contributed by atoms with E-state index in [-0.39, 0.29) is 5.91 Å². The summed E-state index contributed by atoms with van der Waals surface area (Å²) in [5.74, 6) is 1.34. The van der Waals surface area contributed by atoms with E-state index in [1.165, 1.54) is 0 Å². The summed E-state index contributed by atoms with van der Waals surface area (Å²) >= 11 is 0. The minimum Gasteiger partial charge on any atom is -0.495 e. The summed E-state index contributed by atoms with van der Waals surface area (Å²) in [7, 11) is 3.39. The molecule has 0 spiro atoms. The van der Waals surface area contributed by atoms with Crippen molar-refractivity contribution >= 4 is 11.6 Å². The van der Waals surface area contributed by atoms with E-state index in [2.05, 4.69) is 10.1 Å². The van der Waals surface area contributed by atoms with Crippen molar-refractivity contribution < 1.29 is 18.8 Å². The Morgan fingerprint density at radius 2 is 2.08 bits per heavy atom. The molecule has 0 atom stereocenters. The Labute approximate surface area is 147 Å². The molecule has 1 fully saturated rings. The van der Waals surface area contributed by atoms with Gasteiger partial charge in [0.1, 0.15) is 5.75 Å². The number of carbonyl (C=O) groups is 1. The van der Waals surface area contributed by atoms with Gasteiger partial charge in [-0.3, -0.25) is 4.79 Å². The molecule has 0 N–H and O–H groups in total. The van der Waals surface area contributed by atoms with Crippen molar-refractivity contribution in [1.82, 2.24) is 10.1 Å². The van der Waals surface area contributed by atoms with Crippen LogP contribution >= 0.6 is 0 Å². The Kier molecular flexibility index (Phi) is 5.23. The SMILES string of the molecule is COc1ccc(C(=O)N(C)Cc2cc(C)no2)cc1N1CCOCC1. The summed E-state index contributed by atoms with van der Waals surface area (Å²) in [4.78, 5) is 16.6. The topological polar surface area (TPSA) is 68.0 Å². The van der Waals surface area contributed by atoms with Gasteiger partial charge >= 0.3 is 0 Å². The Bertz CT molecular complexity index is 738. The second-order valence-corrected chi connectivity index (χ2v) is 6.08. The fourth-order valence-corrected chi connectivity index (χ4v) is 2.89. The van der Waals surface area contributed by atoms with E-state index in [9.17, 15) is 4.79 Å². The maximum Gasteiger partial charge on any atom is 0.254 e. The highest BCUT2D eigenvalue weighted by Crippen LogP contribution is 2.30. The predicted molar refractivity (Wildman–Crippen MR) is 93.1 cm³/mol. The zero-order chi connectivity index (χ0) is 17.8. The number of hydrogen-bond acceptors (Lipinski definition) is 6. The Balaban J connectivity index is 1.79. The molecule has 2 heterocycles. The quantitative estimate of drug-likeness (QED) is 0.827. The lowest BCUT2D eigenvalue weighted by Gasteiger charge is -2.30. The van der Waals surface area contributed by atoms with Crippen molar-refractivity contribution in [2.24, 2.45) is 0 Å². The average molecular weight is 345 g/mol. The van der Waals surface area contributed by atoms with Gasteiger partial charge in [0.15, 0.2) is 5.76 Å². The zero-order valence-electron chi connectivity index (χ0n) is 14.8. The van der Waals surface area contributed by atoms with Crippen molar-refractivity contribution in [3.63, 3.8) is 0 Å². The molecule has 0 radical (unpaired) electrons. The summed E-state index contributed by atoms with van der Waals surface area (Å²) in [6, 6.07) is 7.34. The van der Waals surface area contributed by atoms with Gasteiger partial charge in [-0.15, -0.1) is 0 Å². The van der Waals surface area contributed by atoms with Crippen LogP contribution in [-0.2, 0) is 11.3 Å². The van der Waals surface area contributed by atoms with Gasteiger partial charge in [-0.05, 0) is 25.1 Å². The van der Waals surface area contributed by atoms with Crippen LogP contribution in [0.3, 0.4) is 0 Å². The van der Waals surface area contributed by atoms with E-state index in [0.717, 1.165) is 30.2 Å². The number of nitrogens with zero attached hydrogens (tertiary/aromatic N) is 3. The molecule has 1 aliphatic rings. The fraction of sp³-hybridized carbons (Fsp3) is 0.444. The third kappa shape index (κ3) is 3.93. The standard InChI is InChI=1S/C18H23N3O4/c1-13-10-15(25-19-13)12-20(2)18(22)14-4-5-17(23-3)16(11-14)21-6-8-24-9-7-21/h4-5,10-11H,6-9,12H2,1-3H3. The average Bonchev–Trinajstić information content (AvgIpc) is 3.06. The molecule has 1 aromatic carbocycles. The summed E-state index contributed by atoms with van der Waals surface area (Å²) in [5.41, 5.74) is 2.33. The van der Waals surface area contributed by atoms with Gasteiger partial charge in [0.2, 0.25) is 0 Å². The maximum atomic E-state index is 12.8. The van der Waals surface area contributed by atoms with E-state index in [4.69, 9.17) is 14.0 Å². The minimum atomic E-state index is -0.0776. The second kappa shape index (κ2) is 7.57. The van der Waals surface area contributed by atoms with Crippen LogP contribution in [0.4, 0.5) is 5.69 Å². The number of carbonyl (C=O) groups excluding carboxylic acids is 1. The number of hydrogen-bond donors (Lipinski definition) is 0. The minimum absolute atomic E-state index is 0.0776. The summed E-state index contributed by atoms with van der Waals surface area (Å²) in [6.45, 7) is 5.13. The fourth-order valence-electron chi connectivity index (χ4n) is 2.89. The van der Waals surface area contributed by atoms with Crippen LogP contribution in [0.25, 0.3) is 0 Å². The number of morpholine rings is 1. The van der Waals surface area contributed by atoms with E-state index in [0.29, 0.717) is 31.1 Å². The number of amides is 1. The van der Waals surface area contributed by atoms with Crippen LogP contribution in [0, 0.1) is 6.92 Å². The number of methoxy groups -OCH3 is 1. The van der Waals surface area contributed by atoms with Crippen molar-refractivity contribution in [3.8, 4) is 5.75 Å². The molecular formula is C18H23N3O4. The third-order valence-corrected chi connectivity index (χ3v) is 4.19. The summed E-state index contributed by atoms with van der Waals surface area (Å²) < 4.78 is 16.1. The lowest BCUT2D eigenvalue weighted by molar-refractivity contribution is 0.0772. The molecule has 1 saturated heterocycles. The molecule has 1 amide bonds. The number of rotatable bonds is 5. The molecule has 3 rings (SSSR count). The van der Waals surface area contributed by atoms with Gasteiger partial charge in [-0.25, -0.2) is 0 Å². The third-order valence-electron chi connectivity index (χ3n) is 4.19. The van der Waals surface area contributed by atoms with Gasteiger partial charge in [-0.1, -0.05) is 5.16 Å². The highest BCUT2D eigenvalue weighted by atomic mass is 16.5. The van der Waals surface area contributed by atoms with Crippen LogP contribution in [0.2, 0.25) is 0 Å². The van der Waals surface area contributed by atoms with Crippen LogP contribution in [0.5, 0.6) is 5.75 Å². The van der Waals surface area contributed by atoms with Gasteiger partial charge < -0.3 is 23.8 Å². The first kappa shape index (κ1) is 17.3. The van der Waals surface area contributed by atoms with Crippen LogP contribution in [-0.4, -0.2) is 56.4 Å². The highest BCUT2D eigenvalue weighted by molar-refractivity contribution is 5.95. The smallest absolute Gasteiger partial charge is 0.254 e. The lowest BCUT2D eigenvalue weighted by Crippen LogP contribution is -2.36. The molecule has 0 aliphatic carbocycles. The first-order chi connectivity index (χ1) is 12.1. The van der Waals surface area contributed by atoms with Gasteiger partial charge in [0.05, 0.1) is 38.2 Å². The van der Waals surface area contributed by atoms with Crippen molar-refractivity contribution in [2.75, 3.05) is 45.4 Å².